The molecule has 0 radical (unpaired) electrons. The van der Waals surface area contributed by atoms with Gasteiger partial charge in [-0.05, 0) is 48.4 Å². The van der Waals surface area contributed by atoms with Gasteiger partial charge in [0.2, 0.25) is 5.95 Å². The zero-order valence-electron chi connectivity index (χ0n) is 22.5. The summed E-state index contributed by atoms with van der Waals surface area (Å²) in [4.78, 5) is 16.8. The second-order valence-corrected chi connectivity index (χ2v) is 13.5. The van der Waals surface area contributed by atoms with Crippen molar-refractivity contribution in [3.05, 3.63) is 42.2 Å². The third-order valence-corrected chi connectivity index (χ3v) is 8.67. The van der Waals surface area contributed by atoms with E-state index in [2.05, 4.69) is 51.1 Å². The summed E-state index contributed by atoms with van der Waals surface area (Å²) in [6.07, 6.45) is 4.48. The normalized spacial score (nSPS) is 21.8. The molecule has 39 heavy (non-hydrogen) atoms. The molecule has 1 aromatic carbocycles. The van der Waals surface area contributed by atoms with E-state index in [0.717, 1.165) is 28.9 Å². The first kappa shape index (κ1) is 27.4. The molecule has 2 N–H and O–H groups in total. The fraction of sp³-hybridized carbons (Fsp3) is 0.519. The minimum Gasteiger partial charge on any atom is -0.384 e. The van der Waals surface area contributed by atoms with Crippen molar-refractivity contribution in [2.24, 2.45) is 5.92 Å². The third kappa shape index (κ3) is 5.62. The molecule has 5 rings (SSSR count). The predicted octanol–water partition coefficient (Wildman–Crippen LogP) is 3.97. The molecule has 2 fully saturated rings. The van der Waals surface area contributed by atoms with Gasteiger partial charge in [0.25, 0.3) is 5.92 Å². The van der Waals surface area contributed by atoms with Gasteiger partial charge in [-0.15, -0.1) is 0 Å². The molecular formula is C27H34F2N6O3S. The molecule has 2 aliphatic rings. The van der Waals surface area contributed by atoms with Crippen LogP contribution in [-0.4, -0.2) is 78.2 Å². The van der Waals surface area contributed by atoms with Crippen LogP contribution in [0, 0.1) is 5.92 Å². The van der Waals surface area contributed by atoms with Crippen LogP contribution in [0.15, 0.2) is 36.7 Å². The van der Waals surface area contributed by atoms with Crippen molar-refractivity contribution in [1.82, 2.24) is 15.0 Å². The largest absolute Gasteiger partial charge is 0.384 e. The van der Waals surface area contributed by atoms with Crippen LogP contribution >= 0.6 is 0 Å². The number of hydrogen-bond acceptors (Lipinski definition) is 9. The van der Waals surface area contributed by atoms with Gasteiger partial charge in [0.1, 0.15) is 27.1 Å². The van der Waals surface area contributed by atoms with Crippen molar-refractivity contribution in [2.75, 3.05) is 53.3 Å². The molecular weight excluding hydrogens is 526 g/mol. The Labute approximate surface area is 227 Å². The molecule has 1 atom stereocenters. The van der Waals surface area contributed by atoms with Crippen LogP contribution in [0.3, 0.4) is 0 Å². The molecule has 210 valence electrons. The van der Waals surface area contributed by atoms with Gasteiger partial charge >= 0.3 is 0 Å². The number of halogens is 2. The number of alkyl halides is 2. The highest BCUT2D eigenvalue weighted by atomic mass is 32.2. The molecule has 0 amide bonds. The van der Waals surface area contributed by atoms with Gasteiger partial charge in [0.15, 0.2) is 0 Å². The zero-order chi connectivity index (χ0) is 28.2. The van der Waals surface area contributed by atoms with Crippen LogP contribution in [0.1, 0.15) is 38.7 Å². The number of sulfone groups is 1. The number of nitrogens with zero attached hydrogens (tertiary/aromatic N) is 5. The number of fused-ring (bicyclic) bond motifs is 1. The fourth-order valence-electron chi connectivity index (χ4n) is 5.29. The van der Waals surface area contributed by atoms with Crippen LogP contribution in [0.5, 0.6) is 0 Å². The number of anilines is 4. The predicted molar refractivity (Wildman–Crippen MR) is 149 cm³/mol. The maximum absolute atomic E-state index is 14.4. The SMILES string of the molecule is CC(C)c1ccc(N2CC(CS(C)(=O)=O)C2)c2cnc(Nc3ccnc(N4CC[C@](C)(O)C(F)(F)C4)n3)cc12. The van der Waals surface area contributed by atoms with Crippen LogP contribution in [-0.2, 0) is 9.84 Å². The summed E-state index contributed by atoms with van der Waals surface area (Å²) in [5.41, 5.74) is 0.106. The van der Waals surface area contributed by atoms with Crippen molar-refractivity contribution in [3.8, 4) is 0 Å². The second kappa shape index (κ2) is 9.81. The quantitative estimate of drug-likeness (QED) is 0.443. The highest BCUT2D eigenvalue weighted by molar-refractivity contribution is 7.90. The van der Waals surface area contributed by atoms with Crippen molar-refractivity contribution in [2.45, 2.75) is 44.6 Å². The van der Waals surface area contributed by atoms with E-state index < -0.39 is 27.9 Å². The van der Waals surface area contributed by atoms with Crippen LogP contribution in [0.25, 0.3) is 10.8 Å². The van der Waals surface area contributed by atoms with Crippen molar-refractivity contribution < 1.29 is 22.3 Å². The molecule has 0 spiro atoms. The molecule has 0 unspecified atom stereocenters. The summed E-state index contributed by atoms with van der Waals surface area (Å²) in [7, 11) is -3.02. The third-order valence-electron chi connectivity index (χ3n) is 7.60. The molecule has 0 saturated carbocycles. The first-order chi connectivity index (χ1) is 18.2. The maximum atomic E-state index is 14.4. The van der Waals surface area contributed by atoms with Gasteiger partial charge < -0.3 is 20.2 Å². The highest BCUT2D eigenvalue weighted by Gasteiger charge is 2.53. The number of pyridine rings is 1. The Kier molecular flexibility index (Phi) is 6.91. The van der Waals surface area contributed by atoms with Crippen LogP contribution in [0.2, 0.25) is 0 Å². The number of rotatable bonds is 7. The first-order valence-electron chi connectivity index (χ1n) is 13.0. The minimum absolute atomic E-state index is 0.0976. The van der Waals surface area contributed by atoms with E-state index in [1.54, 1.807) is 12.3 Å². The molecule has 9 nitrogen and oxygen atoms in total. The maximum Gasteiger partial charge on any atom is 0.293 e. The van der Waals surface area contributed by atoms with E-state index in [0.29, 0.717) is 24.7 Å². The second-order valence-electron chi connectivity index (χ2n) is 11.3. The zero-order valence-corrected chi connectivity index (χ0v) is 23.3. The van der Waals surface area contributed by atoms with Crippen molar-refractivity contribution in [3.63, 3.8) is 0 Å². The Morgan fingerprint density at radius 1 is 1.13 bits per heavy atom. The summed E-state index contributed by atoms with van der Waals surface area (Å²) in [5.74, 6) is -1.60. The average Bonchev–Trinajstić information content (AvgIpc) is 2.82. The highest BCUT2D eigenvalue weighted by Crippen LogP contribution is 2.38. The first-order valence-corrected chi connectivity index (χ1v) is 15.1. The van der Waals surface area contributed by atoms with E-state index in [-0.39, 0.29) is 36.5 Å². The van der Waals surface area contributed by atoms with Crippen molar-refractivity contribution in [1.29, 1.82) is 0 Å². The lowest BCUT2D eigenvalue weighted by Crippen LogP contribution is -2.59. The monoisotopic (exact) mass is 560 g/mol. The Bertz CT molecular complexity index is 1490. The lowest BCUT2D eigenvalue weighted by atomic mass is 9.90. The number of aromatic nitrogens is 3. The van der Waals surface area contributed by atoms with Crippen LogP contribution < -0.4 is 15.1 Å². The van der Waals surface area contributed by atoms with Gasteiger partial charge in [-0.2, -0.15) is 4.98 Å². The molecule has 0 bridgehead atoms. The number of benzene rings is 1. The molecule has 2 saturated heterocycles. The lowest BCUT2D eigenvalue weighted by molar-refractivity contribution is -0.177. The molecule has 12 heteroatoms. The standard InChI is InChI=1S/C27H34F2N6O3S/c1-17(2)19-5-6-22(35-13-18(14-35)15-39(4,37)38)21-12-31-24(11-20(19)21)32-23-7-9-30-25(33-23)34-10-8-26(3,36)27(28,29)16-34/h5-7,9,11-12,17-18,36H,8,10,13-16H2,1-4H3,(H,30,31,32,33)/t26-/m0/s1. The average molecular weight is 561 g/mol. The van der Waals surface area contributed by atoms with Crippen LogP contribution in [0.4, 0.5) is 32.1 Å². The Morgan fingerprint density at radius 3 is 2.54 bits per heavy atom. The lowest BCUT2D eigenvalue weighted by Gasteiger charge is -2.42. The summed E-state index contributed by atoms with van der Waals surface area (Å²) in [6.45, 7) is 6.30. The van der Waals surface area contributed by atoms with E-state index >= 15 is 0 Å². The molecule has 3 aromatic rings. The van der Waals surface area contributed by atoms with E-state index in [9.17, 15) is 22.3 Å². The Hall–Kier alpha value is -3.12. The fourth-order valence-corrected chi connectivity index (χ4v) is 6.36. The molecule has 2 aromatic heterocycles. The number of aliphatic hydroxyl groups is 1. The summed E-state index contributed by atoms with van der Waals surface area (Å²) < 4.78 is 52.2. The number of hydrogen-bond donors (Lipinski definition) is 2. The van der Waals surface area contributed by atoms with Gasteiger partial charge in [-0.25, -0.2) is 27.2 Å². The van der Waals surface area contributed by atoms with E-state index in [1.165, 1.54) is 17.4 Å². The minimum atomic E-state index is -3.29. The van der Waals surface area contributed by atoms with Gasteiger partial charge in [-0.3, -0.25) is 0 Å². The molecule has 2 aliphatic heterocycles. The van der Waals surface area contributed by atoms with Gasteiger partial charge in [0, 0.05) is 55.3 Å². The Morgan fingerprint density at radius 2 is 1.87 bits per heavy atom. The Balaban J connectivity index is 1.39. The molecule has 0 aliphatic carbocycles. The number of piperidine rings is 1. The smallest absolute Gasteiger partial charge is 0.293 e. The van der Waals surface area contributed by atoms with Crippen molar-refractivity contribution >= 4 is 43.9 Å². The van der Waals surface area contributed by atoms with E-state index in [4.69, 9.17) is 0 Å². The molecule has 4 heterocycles. The topological polar surface area (TPSA) is 112 Å². The summed E-state index contributed by atoms with van der Waals surface area (Å²) >= 11 is 0. The van der Waals surface area contributed by atoms with Gasteiger partial charge in [-0.1, -0.05) is 19.9 Å². The summed E-state index contributed by atoms with van der Waals surface area (Å²) in [6, 6.07) is 7.78. The number of nitrogens with one attached hydrogen (secondary N) is 1. The summed E-state index contributed by atoms with van der Waals surface area (Å²) in [5, 5.41) is 15.2. The van der Waals surface area contributed by atoms with E-state index in [1.807, 2.05) is 6.07 Å². The van der Waals surface area contributed by atoms with Gasteiger partial charge in [0.05, 0.1) is 12.3 Å².